The number of hydrogen-bond acceptors (Lipinski definition) is 3. The predicted molar refractivity (Wildman–Crippen MR) is 114 cm³/mol. The summed E-state index contributed by atoms with van der Waals surface area (Å²) in [4.78, 5) is 27.8. The van der Waals surface area contributed by atoms with Crippen LogP contribution < -0.4 is 15.1 Å². The standard InChI is InChI=1S/C24H25N3O3/c1-26(20-10-3-2-4-11-20)24(29)23(28)25-16-21(22-12-7-15-30-22)27-14-13-18-8-5-6-9-19(18)17-27/h2-12,15,21H,13-14,16-17H2,1H3,(H,25,28)/p+1/t21-/m1/s1. The van der Waals surface area contributed by atoms with Crippen LogP contribution in [-0.4, -0.2) is 32.0 Å². The second-order valence-corrected chi connectivity index (χ2v) is 7.58. The van der Waals surface area contributed by atoms with Gasteiger partial charge in [-0.1, -0.05) is 42.5 Å². The SMILES string of the molecule is CN(C(=O)C(=O)NC[C@H](c1ccco1)[NH+]1CCc2ccccc2C1)c1ccccc1. The topological polar surface area (TPSA) is 67.0 Å². The molecule has 1 aliphatic rings. The number of fused-ring (bicyclic) bond motifs is 1. The Balaban J connectivity index is 1.44. The molecule has 2 amide bonds. The average Bonchev–Trinajstić information content (AvgIpc) is 3.33. The maximum atomic E-state index is 12.6. The molecule has 6 nitrogen and oxygen atoms in total. The van der Waals surface area contributed by atoms with Crippen molar-refractivity contribution in [3.8, 4) is 0 Å². The van der Waals surface area contributed by atoms with E-state index < -0.39 is 11.8 Å². The number of nitrogens with zero attached hydrogens (tertiary/aromatic N) is 1. The Labute approximate surface area is 176 Å². The second kappa shape index (κ2) is 8.97. The molecule has 0 saturated heterocycles. The third-order valence-corrected chi connectivity index (χ3v) is 5.74. The van der Waals surface area contributed by atoms with Gasteiger partial charge in [0.05, 0.1) is 19.4 Å². The van der Waals surface area contributed by atoms with Gasteiger partial charge in [0.15, 0.2) is 11.8 Å². The fourth-order valence-corrected chi connectivity index (χ4v) is 4.03. The number of likely N-dealkylation sites (N-methyl/N-ethyl adjacent to an activating group) is 1. The number of benzene rings is 2. The summed E-state index contributed by atoms with van der Waals surface area (Å²) in [6, 6.07) is 21.3. The monoisotopic (exact) mass is 404 g/mol. The van der Waals surface area contributed by atoms with Crippen molar-refractivity contribution < 1.29 is 18.9 Å². The summed E-state index contributed by atoms with van der Waals surface area (Å²) < 4.78 is 5.68. The number of quaternary nitrogens is 1. The van der Waals surface area contributed by atoms with Gasteiger partial charge in [-0.3, -0.25) is 9.59 Å². The molecule has 2 aromatic carbocycles. The van der Waals surface area contributed by atoms with Crippen LogP contribution in [-0.2, 0) is 22.6 Å². The van der Waals surface area contributed by atoms with E-state index in [-0.39, 0.29) is 6.04 Å². The molecule has 4 rings (SSSR count). The smallest absolute Gasteiger partial charge is 0.316 e. The van der Waals surface area contributed by atoms with Crippen molar-refractivity contribution in [3.63, 3.8) is 0 Å². The second-order valence-electron chi connectivity index (χ2n) is 7.58. The Hall–Kier alpha value is -3.38. The molecular weight excluding hydrogens is 378 g/mol. The summed E-state index contributed by atoms with van der Waals surface area (Å²) in [7, 11) is 1.61. The fourth-order valence-electron chi connectivity index (χ4n) is 4.03. The van der Waals surface area contributed by atoms with Gasteiger partial charge in [0, 0.05) is 24.7 Å². The van der Waals surface area contributed by atoms with Crippen LogP contribution in [0.5, 0.6) is 0 Å². The first-order valence-corrected chi connectivity index (χ1v) is 10.2. The molecule has 0 spiro atoms. The van der Waals surface area contributed by atoms with Crippen molar-refractivity contribution >= 4 is 17.5 Å². The molecule has 0 saturated carbocycles. The number of nitrogens with one attached hydrogen (secondary N) is 2. The van der Waals surface area contributed by atoms with Gasteiger partial charge in [0.25, 0.3) is 0 Å². The number of hydrogen-bond donors (Lipinski definition) is 2. The largest absolute Gasteiger partial charge is 0.463 e. The van der Waals surface area contributed by atoms with Crippen LogP contribution in [0.15, 0.2) is 77.4 Å². The number of rotatable bonds is 5. The molecule has 3 aromatic rings. The molecule has 1 unspecified atom stereocenters. The van der Waals surface area contributed by atoms with Gasteiger partial charge in [0.2, 0.25) is 0 Å². The van der Waals surface area contributed by atoms with E-state index in [0.29, 0.717) is 12.2 Å². The van der Waals surface area contributed by atoms with Gasteiger partial charge >= 0.3 is 11.8 Å². The Morgan fingerprint density at radius 2 is 1.77 bits per heavy atom. The van der Waals surface area contributed by atoms with Crippen LogP contribution in [0.25, 0.3) is 0 Å². The number of para-hydroxylation sites is 1. The zero-order chi connectivity index (χ0) is 20.9. The molecule has 1 aromatic heterocycles. The Kier molecular flexibility index (Phi) is 5.95. The molecular formula is C24H26N3O3+. The highest BCUT2D eigenvalue weighted by molar-refractivity contribution is 6.40. The van der Waals surface area contributed by atoms with Crippen molar-refractivity contribution in [1.29, 1.82) is 0 Å². The first-order valence-electron chi connectivity index (χ1n) is 10.2. The van der Waals surface area contributed by atoms with E-state index in [4.69, 9.17) is 4.42 Å². The molecule has 2 N–H and O–H groups in total. The Bertz CT molecular complexity index is 1000. The van der Waals surface area contributed by atoms with Gasteiger partial charge in [-0.15, -0.1) is 0 Å². The highest BCUT2D eigenvalue weighted by atomic mass is 16.3. The molecule has 30 heavy (non-hydrogen) atoms. The third kappa shape index (κ3) is 4.28. The first-order chi connectivity index (χ1) is 14.6. The van der Waals surface area contributed by atoms with Crippen molar-refractivity contribution in [1.82, 2.24) is 5.32 Å². The van der Waals surface area contributed by atoms with E-state index in [0.717, 1.165) is 25.3 Å². The van der Waals surface area contributed by atoms with Crippen molar-refractivity contribution in [3.05, 3.63) is 89.9 Å². The molecule has 6 heteroatoms. The summed E-state index contributed by atoms with van der Waals surface area (Å²) in [5.41, 5.74) is 3.38. The molecule has 2 atom stereocenters. The number of carbonyl (C=O) groups excluding carboxylic acids is 2. The number of amides is 2. The van der Waals surface area contributed by atoms with Gasteiger partial charge in [-0.05, 0) is 29.8 Å². The van der Waals surface area contributed by atoms with E-state index in [1.807, 2.05) is 30.3 Å². The number of carbonyl (C=O) groups is 2. The van der Waals surface area contributed by atoms with Gasteiger partial charge in [0.1, 0.15) is 6.54 Å². The Morgan fingerprint density at radius 1 is 1.03 bits per heavy atom. The van der Waals surface area contributed by atoms with Crippen molar-refractivity contribution in [2.24, 2.45) is 0 Å². The van der Waals surface area contributed by atoms with Crippen LogP contribution in [0.4, 0.5) is 5.69 Å². The van der Waals surface area contributed by atoms with E-state index in [9.17, 15) is 9.59 Å². The van der Waals surface area contributed by atoms with Crippen LogP contribution in [0.2, 0.25) is 0 Å². The number of furan rings is 1. The molecule has 0 bridgehead atoms. The minimum atomic E-state index is -0.616. The summed E-state index contributed by atoms with van der Waals surface area (Å²) >= 11 is 0. The lowest BCUT2D eigenvalue weighted by Gasteiger charge is -2.31. The molecule has 1 aliphatic heterocycles. The summed E-state index contributed by atoms with van der Waals surface area (Å²) in [5, 5.41) is 2.83. The first kappa shape index (κ1) is 19.9. The van der Waals surface area contributed by atoms with E-state index in [1.54, 1.807) is 25.4 Å². The summed E-state index contributed by atoms with van der Waals surface area (Å²) in [6.07, 6.45) is 2.63. The fraction of sp³-hybridized carbons (Fsp3) is 0.250. The maximum Gasteiger partial charge on any atom is 0.316 e. The van der Waals surface area contributed by atoms with E-state index in [1.165, 1.54) is 20.9 Å². The van der Waals surface area contributed by atoms with Gasteiger partial charge in [-0.25, -0.2) is 0 Å². The molecule has 0 fully saturated rings. The van der Waals surface area contributed by atoms with Crippen LogP contribution >= 0.6 is 0 Å². The quantitative estimate of drug-likeness (QED) is 0.637. The van der Waals surface area contributed by atoms with E-state index >= 15 is 0 Å². The Morgan fingerprint density at radius 3 is 2.50 bits per heavy atom. The molecule has 2 heterocycles. The normalized spacial score (nSPS) is 16.4. The predicted octanol–water partition coefficient (Wildman–Crippen LogP) is 1.74. The summed E-state index contributed by atoms with van der Waals surface area (Å²) in [5.74, 6) is -0.387. The van der Waals surface area contributed by atoms with Gasteiger partial charge in [-0.2, -0.15) is 0 Å². The zero-order valence-electron chi connectivity index (χ0n) is 17.0. The maximum absolute atomic E-state index is 12.6. The van der Waals surface area contributed by atoms with Crippen LogP contribution in [0.1, 0.15) is 22.9 Å². The van der Waals surface area contributed by atoms with Crippen LogP contribution in [0.3, 0.4) is 0 Å². The third-order valence-electron chi connectivity index (χ3n) is 5.74. The van der Waals surface area contributed by atoms with Crippen molar-refractivity contribution in [2.75, 3.05) is 25.0 Å². The molecule has 0 radical (unpaired) electrons. The molecule has 0 aliphatic carbocycles. The lowest BCUT2D eigenvalue weighted by atomic mass is 9.98. The highest BCUT2D eigenvalue weighted by Crippen LogP contribution is 2.16. The lowest BCUT2D eigenvalue weighted by Crippen LogP contribution is -3.12. The zero-order valence-corrected chi connectivity index (χ0v) is 17.0. The lowest BCUT2D eigenvalue weighted by molar-refractivity contribution is -0.946. The molecule has 154 valence electrons. The van der Waals surface area contributed by atoms with Crippen molar-refractivity contribution in [2.45, 2.75) is 19.0 Å². The average molecular weight is 404 g/mol. The minimum Gasteiger partial charge on any atom is -0.463 e. The minimum absolute atomic E-state index is 0.0628. The highest BCUT2D eigenvalue weighted by Gasteiger charge is 2.31. The van der Waals surface area contributed by atoms with Gasteiger partial charge < -0.3 is 19.5 Å². The van der Waals surface area contributed by atoms with Crippen LogP contribution in [0, 0.1) is 0 Å². The van der Waals surface area contributed by atoms with E-state index in [2.05, 4.69) is 29.6 Å². The summed E-state index contributed by atoms with van der Waals surface area (Å²) in [6.45, 7) is 2.13. The number of anilines is 1.